The number of halogens is 1. The second-order valence-electron chi connectivity index (χ2n) is 7.17. The predicted molar refractivity (Wildman–Crippen MR) is 97.7 cm³/mol. The molecular weight excluding hydrogens is 327 g/mol. The van der Waals surface area contributed by atoms with Crippen LogP contribution >= 0.6 is 0 Å². The van der Waals surface area contributed by atoms with Crippen molar-refractivity contribution in [3.05, 3.63) is 65.2 Å². The number of benzene rings is 1. The SMILES string of the molecule is O=C1NC2CCCCC2[C@H]1Cc1ccc(C#Cc2ccc(F)cc2)cn1. The average molecular weight is 348 g/mol. The third-order valence-corrected chi connectivity index (χ3v) is 5.45. The molecule has 4 heteroatoms. The number of carbonyl (C=O) groups is 1. The Bertz CT molecular complexity index is 848. The molecule has 2 heterocycles. The minimum Gasteiger partial charge on any atom is -0.353 e. The second-order valence-corrected chi connectivity index (χ2v) is 7.17. The average Bonchev–Trinajstić information content (AvgIpc) is 2.98. The van der Waals surface area contributed by atoms with Crippen molar-refractivity contribution in [1.82, 2.24) is 10.3 Å². The smallest absolute Gasteiger partial charge is 0.224 e. The molecule has 1 saturated carbocycles. The normalized spacial score (nSPS) is 24.3. The van der Waals surface area contributed by atoms with Gasteiger partial charge in [0, 0.05) is 41.4 Å². The number of carbonyl (C=O) groups excluding carboxylic acids is 1. The third-order valence-electron chi connectivity index (χ3n) is 5.45. The van der Waals surface area contributed by atoms with Crippen LogP contribution < -0.4 is 5.32 Å². The molecule has 2 unspecified atom stereocenters. The fourth-order valence-electron chi connectivity index (χ4n) is 4.07. The number of pyridine rings is 1. The molecule has 1 aliphatic carbocycles. The lowest BCUT2D eigenvalue weighted by atomic mass is 9.78. The lowest BCUT2D eigenvalue weighted by Gasteiger charge is -2.26. The molecule has 1 aliphatic heterocycles. The Labute approximate surface area is 153 Å². The summed E-state index contributed by atoms with van der Waals surface area (Å²) in [5.41, 5.74) is 2.51. The number of amides is 1. The summed E-state index contributed by atoms with van der Waals surface area (Å²) in [4.78, 5) is 16.8. The molecule has 0 bridgehead atoms. The first-order valence-corrected chi connectivity index (χ1v) is 9.22. The predicted octanol–water partition coefficient (Wildman–Crippen LogP) is 3.47. The van der Waals surface area contributed by atoms with Crippen molar-refractivity contribution in [1.29, 1.82) is 0 Å². The first-order valence-electron chi connectivity index (χ1n) is 9.22. The maximum absolute atomic E-state index is 12.9. The molecule has 2 aromatic rings. The van der Waals surface area contributed by atoms with Gasteiger partial charge in [-0.15, -0.1) is 0 Å². The number of hydrogen-bond donors (Lipinski definition) is 1. The summed E-state index contributed by atoms with van der Waals surface area (Å²) in [5.74, 6) is 6.46. The van der Waals surface area contributed by atoms with Gasteiger partial charge >= 0.3 is 0 Å². The Balaban J connectivity index is 1.43. The minimum absolute atomic E-state index is 0.0453. The van der Waals surface area contributed by atoms with E-state index in [0.717, 1.165) is 29.7 Å². The third kappa shape index (κ3) is 3.62. The summed E-state index contributed by atoms with van der Waals surface area (Å²) in [6, 6.07) is 10.4. The fraction of sp³-hybridized carbons (Fsp3) is 0.364. The van der Waals surface area contributed by atoms with E-state index >= 15 is 0 Å². The van der Waals surface area contributed by atoms with E-state index < -0.39 is 0 Å². The van der Waals surface area contributed by atoms with E-state index in [1.54, 1.807) is 18.3 Å². The first kappa shape index (κ1) is 16.8. The molecule has 26 heavy (non-hydrogen) atoms. The van der Waals surface area contributed by atoms with Crippen molar-refractivity contribution in [2.24, 2.45) is 11.8 Å². The molecule has 2 aliphatic rings. The summed E-state index contributed by atoms with van der Waals surface area (Å²) in [6.07, 6.45) is 7.12. The summed E-state index contributed by atoms with van der Waals surface area (Å²) < 4.78 is 12.9. The molecule has 1 saturated heterocycles. The highest BCUT2D eigenvalue weighted by atomic mass is 19.1. The topological polar surface area (TPSA) is 42.0 Å². The zero-order chi connectivity index (χ0) is 17.9. The van der Waals surface area contributed by atoms with Crippen LogP contribution in [0.2, 0.25) is 0 Å². The van der Waals surface area contributed by atoms with Crippen LogP contribution in [0.15, 0.2) is 42.6 Å². The number of rotatable bonds is 2. The molecule has 3 atom stereocenters. The highest BCUT2D eigenvalue weighted by molar-refractivity contribution is 5.82. The molecule has 3 nitrogen and oxygen atoms in total. The van der Waals surface area contributed by atoms with Gasteiger partial charge in [0.2, 0.25) is 5.91 Å². The van der Waals surface area contributed by atoms with Crippen LogP contribution in [-0.2, 0) is 11.2 Å². The molecule has 1 aromatic carbocycles. The number of hydrogen-bond acceptors (Lipinski definition) is 2. The van der Waals surface area contributed by atoms with Crippen LogP contribution in [0.1, 0.15) is 42.5 Å². The Morgan fingerprint density at radius 1 is 1.04 bits per heavy atom. The van der Waals surface area contributed by atoms with E-state index in [1.165, 1.54) is 25.0 Å². The molecule has 1 N–H and O–H groups in total. The van der Waals surface area contributed by atoms with Gasteiger partial charge in [-0.1, -0.05) is 24.7 Å². The largest absolute Gasteiger partial charge is 0.353 e. The van der Waals surface area contributed by atoms with Crippen LogP contribution in [0.5, 0.6) is 0 Å². The fourth-order valence-corrected chi connectivity index (χ4v) is 4.07. The van der Waals surface area contributed by atoms with Crippen molar-refractivity contribution >= 4 is 5.91 Å². The van der Waals surface area contributed by atoms with Gasteiger partial charge in [0.05, 0.1) is 0 Å². The summed E-state index contributed by atoms with van der Waals surface area (Å²) >= 11 is 0. The van der Waals surface area contributed by atoms with Gasteiger partial charge in [0.1, 0.15) is 5.82 Å². The Kier molecular flexibility index (Phi) is 4.71. The van der Waals surface area contributed by atoms with E-state index in [0.29, 0.717) is 18.4 Å². The lowest BCUT2D eigenvalue weighted by Crippen LogP contribution is -2.31. The molecule has 4 rings (SSSR count). The lowest BCUT2D eigenvalue weighted by molar-refractivity contribution is -0.123. The molecule has 0 spiro atoms. The van der Waals surface area contributed by atoms with Crippen molar-refractivity contribution in [2.45, 2.75) is 38.1 Å². The van der Waals surface area contributed by atoms with Gasteiger partial charge in [-0.3, -0.25) is 9.78 Å². The standard InChI is InChI=1S/C22H21FN2O/c23-17-10-7-15(8-11-17)5-6-16-9-12-18(24-14-16)13-20-19-3-1-2-4-21(19)25-22(20)26/h7-12,14,19-21H,1-4,13H2,(H,25,26)/t19?,20-,21?/m1/s1. The molecule has 1 amide bonds. The second kappa shape index (κ2) is 7.29. The van der Waals surface area contributed by atoms with E-state index in [4.69, 9.17) is 0 Å². The zero-order valence-electron chi connectivity index (χ0n) is 14.5. The number of nitrogens with zero attached hydrogens (tertiary/aromatic N) is 1. The number of fused-ring (bicyclic) bond motifs is 1. The van der Waals surface area contributed by atoms with Crippen LogP contribution in [0, 0.1) is 29.5 Å². The molecule has 132 valence electrons. The molecule has 1 aromatic heterocycles. The highest BCUT2D eigenvalue weighted by Gasteiger charge is 2.42. The van der Waals surface area contributed by atoms with E-state index in [-0.39, 0.29) is 17.6 Å². The van der Waals surface area contributed by atoms with Crippen molar-refractivity contribution in [2.75, 3.05) is 0 Å². The Morgan fingerprint density at radius 2 is 1.77 bits per heavy atom. The number of aromatic nitrogens is 1. The molecular formula is C22H21FN2O. The van der Waals surface area contributed by atoms with Gasteiger partial charge < -0.3 is 5.32 Å². The van der Waals surface area contributed by atoms with Gasteiger partial charge in [0.15, 0.2) is 0 Å². The highest BCUT2D eigenvalue weighted by Crippen LogP contribution is 2.36. The Hall–Kier alpha value is -2.67. The van der Waals surface area contributed by atoms with Crippen LogP contribution in [0.4, 0.5) is 4.39 Å². The van der Waals surface area contributed by atoms with E-state index in [9.17, 15) is 9.18 Å². The van der Waals surface area contributed by atoms with Crippen LogP contribution in [-0.4, -0.2) is 16.9 Å². The van der Waals surface area contributed by atoms with E-state index in [2.05, 4.69) is 22.1 Å². The monoisotopic (exact) mass is 348 g/mol. The summed E-state index contributed by atoms with van der Waals surface area (Å²) in [5, 5.41) is 3.16. The number of nitrogens with one attached hydrogen (secondary N) is 1. The van der Waals surface area contributed by atoms with Gasteiger partial charge in [-0.05, 0) is 55.2 Å². The molecule has 2 fully saturated rings. The van der Waals surface area contributed by atoms with Gasteiger partial charge in [-0.25, -0.2) is 4.39 Å². The summed E-state index contributed by atoms with van der Waals surface area (Å²) in [6.45, 7) is 0. The van der Waals surface area contributed by atoms with E-state index in [1.807, 2.05) is 12.1 Å². The quantitative estimate of drug-likeness (QED) is 0.845. The van der Waals surface area contributed by atoms with Crippen LogP contribution in [0.25, 0.3) is 0 Å². The van der Waals surface area contributed by atoms with Crippen molar-refractivity contribution in [3.63, 3.8) is 0 Å². The van der Waals surface area contributed by atoms with Gasteiger partial charge in [-0.2, -0.15) is 0 Å². The van der Waals surface area contributed by atoms with Crippen molar-refractivity contribution in [3.8, 4) is 11.8 Å². The minimum atomic E-state index is -0.266. The maximum atomic E-state index is 12.9. The zero-order valence-corrected chi connectivity index (χ0v) is 14.5. The Morgan fingerprint density at radius 3 is 2.54 bits per heavy atom. The van der Waals surface area contributed by atoms with Crippen LogP contribution in [0.3, 0.4) is 0 Å². The van der Waals surface area contributed by atoms with Gasteiger partial charge in [0.25, 0.3) is 0 Å². The first-order chi connectivity index (χ1) is 12.7. The maximum Gasteiger partial charge on any atom is 0.224 e. The summed E-state index contributed by atoms with van der Waals surface area (Å²) in [7, 11) is 0. The van der Waals surface area contributed by atoms with Crippen molar-refractivity contribution < 1.29 is 9.18 Å². The molecule has 0 radical (unpaired) electrons.